The molecule has 0 bridgehead atoms. The predicted molar refractivity (Wildman–Crippen MR) is 110 cm³/mol. The number of amides is 1. The molecule has 0 fully saturated rings. The molecule has 0 saturated carbocycles. The van der Waals surface area contributed by atoms with E-state index >= 15 is 0 Å². The van der Waals surface area contributed by atoms with Crippen molar-refractivity contribution in [1.29, 1.82) is 0 Å². The zero-order valence-electron chi connectivity index (χ0n) is 16.4. The lowest BCUT2D eigenvalue weighted by atomic mass is 10.1. The quantitative estimate of drug-likeness (QED) is 0.415. The maximum atomic E-state index is 12.8. The molecule has 0 aliphatic heterocycles. The van der Waals surface area contributed by atoms with E-state index in [0.717, 1.165) is 0 Å². The molecule has 0 N–H and O–H groups in total. The summed E-state index contributed by atoms with van der Waals surface area (Å²) in [4.78, 5) is 24.8. The topological polar surface area (TPSA) is 111 Å². The van der Waals surface area contributed by atoms with Crippen molar-refractivity contribution in [2.75, 3.05) is 7.05 Å². The van der Waals surface area contributed by atoms with E-state index in [-0.39, 0.29) is 27.9 Å². The van der Waals surface area contributed by atoms with Crippen LogP contribution in [-0.4, -0.2) is 31.2 Å². The van der Waals surface area contributed by atoms with E-state index in [4.69, 9.17) is 4.42 Å². The van der Waals surface area contributed by atoms with Crippen molar-refractivity contribution in [3.63, 3.8) is 0 Å². The van der Waals surface area contributed by atoms with Crippen molar-refractivity contribution in [1.82, 2.24) is 4.90 Å². The summed E-state index contributed by atoms with van der Waals surface area (Å²) in [6, 6.07) is 16.5. The first-order valence-electron chi connectivity index (χ1n) is 9.07. The Labute approximate surface area is 173 Å². The van der Waals surface area contributed by atoms with Crippen molar-refractivity contribution < 1.29 is 22.6 Å². The van der Waals surface area contributed by atoms with E-state index in [2.05, 4.69) is 0 Å². The van der Waals surface area contributed by atoms with Gasteiger partial charge in [0.1, 0.15) is 11.5 Å². The molecule has 0 radical (unpaired) electrons. The van der Waals surface area contributed by atoms with Crippen LogP contribution in [0, 0.1) is 10.1 Å². The number of non-ortho nitro benzene ring substituents is 1. The fourth-order valence-electron chi connectivity index (χ4n) is 2.94. The Hall–Kier alpha value is -3.46. The molecule has 30 heavy (non-hydrogen) atoms. The Morgan fingerprint density at radius 2 is 1.80 bits per heavy atom. The number of hydrogen-bond donors (Lipinski definition) is 0. The Bertz CT molecular complexity index is 1170. The largest absolute Gasteiger partial charge is 0.455 e. The minimum Gasteiger partial charge on any atom is -0.455 e. The summed E-state index contributed by atoms with van der Waals surface area (Å²) in [7, 11) is -2.05. The van der Waals surface area contributed by atoms with Gasteiger partial charge in [-0.1, -0.05) is 30.3 Å². The summed E-state index contributed by atoms with van der Waals surface area (Å²) in [6.07, 6.45) is 0. The summed E-state index contributed by atoms with van der Waals surface area (Å²) in [5.74, 6) is -0.682. The molecule has 0 aliphatic rings. The summed E-state index contributed by atoms with van der Waals surface area (Å²) in [5.41, 5.74) is 0.532. The normalized spacial score (nSPS) is 12.3. The lowest BCUT2D eigenvalue weighted by Crippen LogP contribution is -2.29. The van der Waals surface area contributed by atoms with Gasteiger partial charge in [-0.05, 0) is 36.8 Å². The molecular weight excluding hydrogens is 408 g/mol. The van der Waals surface area contributed by atoms with E-state index in [1.54, 1.807) is 44.3 Å². The minimum atomic E-state index is -3.60. The molecule has 1 unspecified atom stereocenters. The van der Waals surface area contributed by atoms with E-state index in [1.807, 2.05) is 0 Å². The molecule has 156 valence electrons. The number of rotatable bonds is 7. The Balaban J connectivity index is 1.75. The van der Waals surface area contributed by atoms with E-state index in [9.17, 15) is 23.3 Å². The van der Waals surface area contributed by atoms with Gasteiger partial charge in [-0.25, -0.2) is 8.42 Å². The molecule has 0 saturated heterocycles. The highest BCUT2D eigenvalue weighted by Gasteiger charge is 2.24. The molecule has 1 amide bonds. The number of sulfone groups is 1. The fraction of sp³-hybridized carbons (Fsp3) is 0.190. The molecule has 2 aromatic carbocycles. The van der Waals surface area contributed by atoms with Crippen LogP contribution in [0.1, 0.15) is 34.8 Å². The van der Waals surface area contributed by atoms with Crippen LogP contribution in [0.2, 0.25) is 0 Å². The van der Waals surface area contributed by atoms with Gasteiger partial charge >= 0.3 is 0 Å². The van der Waals surface area contributed by atoms with Crippen molar-refractivity contribution in [2.45, 2.75) is 23.6 Å². The molecule has 1 aromatic heterocycles. The van der Waals surface area contributed by atoms with Crippen LogP contribution in [0.3, 0.4) is 0 Å². The standard InChI is InChI=1S/C21H20N2O6S/c1-15(16-7-6-8-17(13-16)23(25)26)22(2)21(24)20-12-11-18(29-20)14-30(27,28)19-9-4-3-5-10-19/h3-13,15H,14H2,1-2H3. The van der Waals surface area contributed by atoms with Crippen molar-refractivity contribution in [3.8, 4) is 0 Å². The zero-order chi connectivity index (χ0) is 21.9. The van der Waals surface area contributed by atoms with Crippen LogP contribution < -0.4 is 0 Å². The second-order valence-electron chi connectivity index (χ2n) is 6.78. The lowest BCUT2D eigenvalue weighted by Gasteiger charge is -2.24. The molecule has 1 heterocycles. The number of carbonyl (C=O) groups is 1. The van der Waals surface area contributed by atoms with Gasteiger partial charge in [0.25, 0.3) is 11.6 Å². The third-order valence-corrected chi connectivity index (χ3v) is 6.43. The number of furan rings is 1. The number of hydrogen-bond acceptors (Lipinski definition) is 6. The molecule has 9 heteroatoms. The average molecular weight is 428 g/mol. The van der Waals surface area contributed by atoms with Gasteiger partial charge in [0, 0.05) is 19.2 Å². The second-order valence-corrected chi connectivity index (χ2v) is 8.77. The molecule has 0 spiro atoms. The number of benzene rings is 2. The maximum Gasteiger partial charge on any atom is 0.289 e. The number of carbonyl (C=O) groups excluding carboxylic acids is 1. The first-order valence-corrected chi connectivity index (χ1v) is 10.7. The maximum absolute atomic E-state index is 12.8. The molecule has 3 aromatic rings. The van der Waals surface area contributed by atoms with E-state index in [0.29, 0.717) is 5.56 Å². The van der Waals surface area contributed by atoms with Crippen molar-refractivity contribution in [2.24, 2.45) is 0 Å². The summed E-state index contributed by atoms with van der Waals surface area (Å²) >= 11 is 0. The first kappa shape index (κ1) is 21.3. The van der Waals surface area contributed by atoms with E-state index < -0.39 is 26.7 Å². The predicted octanol–water partition coefficient (Wildman–Crippen LogP) is 3.99. The smallest absolute Gasteiger partial charge is 0.289 e. The molecule has 8 nitrogen and oxygen atoms in total. The molecular formula is C21H20N2O6S. The summed E-state index contributed by atoms with van der Waals surface area (Å²) in [6.45, 7) is 1.74. The molecule has 0 aliphatic carbocycles. The monoisotopic (exact) mass is 428 g/mol. The summed E-state index contributed by atoms with van der Waals surface area (Å²) < 4.78 is 30.5. The van der Waals surface area contributed by atoms with Crippen molar-refractivity contribution in [3.05, 3.63) is 93.9 Å². The third kappa shape index (κ3) is 4.57. The first-order chi connectivity index (χ1) is 14.2. The Morgan fingerprint density at radius 3 is 2.47 bits per heavy atom. The Kier molecular flexibility index (Phi) is 6.02. The molecule has 3 rings (SSSR count). The summed E-state index contributed by atoms with van der Waals surface area (Å²) in [5, 5.41) is 11.0. The SMILES string of the molecule is CC(c1cccc([N+](=O)[O-])c1)N(C)C(=O)c1ccc(CS(=O)(=O)c2ccccc2)o1. The fourth-order valence-corrected chi connectivity index (χ4v) is 4.21. The van der Waals surface area contributed by atoms with Gasteiger partial charge in [0.2, 0.25) is 0 Å². The van der Waals surface area contributed by atoms with Gasteiger partial charge < -0.3 is 9.32 Å². The number of nitro groups is 1. The van der Waals surface area contributed by atoms with Gasteiger partial charge in [-0.2, -0.15) is 0 Å². The number of nitro benzene ring substituents is 1. The molecule has 1 atom stereocenters. The average Bonchev–Trinajstić information content (AvgIpc) is 3.20. The third-order valence-electron chi connectivity index (χ3n) is 4.77. The second kappa shape index (κ2) is 8.50. The van der Waals surface area contributed by atoms with E-state index in [1.165, 1.54) is 41.3 Å². The van der Waals surface area contributed by atoms with Crippen LogP contribution in [-0.2, 0) is 15.6 Å². The van der Waals surface area contributed by atoms with Crippen LogP contribution in [0.25, 0.3) is 0 Å². The highest BCUT2D eigenvalue weighted by Crippen LogP contribution is 2.25. The Morgan fingerprint density at radius 1 is 1.10 bits per heavy atom. The van der Waals surface area contributed by atoms with Crippen LogP contribution in [0.4, 0.5) is 5.69 Å². The minimum absolute atomic E-state index is 0.00644. The lowest BCUT2D eigenvalue weighted by molar-refractivity contribution is -0.384. The van der Waals surface area contributed by atoms with Crippen LogP contribution in [0.5, 0.6) is 0 Å². The van der Waals surface area contributed by atoms with Crippen LogP contribution >= 0.6 is 0 Å². The van der Waals surface area contributed by atoms with Gasteiger partial charge in [-0.3, -0.25) is 14.9 Å². The zero-order valence-corrected chi connectivity index (χ0v) is 17.2. The highest BCUT2D eigenvalue weighted by molar-refractivity contribution is 7.90. The van der Waals surface area contributed by atoms with Gasteiger partial charge in [-0.15, -0.1) is 0 Å². The van der Waals surface area contributed by atoms with Gasteiger partial charge in [0.05, 0.1) is 15.9 Å². The van der Waals surface area contributed by atoms with Crippen molar-refractivity contribution >= 4 is 21.4 Å². The highest BCUT2D eigenvalue weighted by atomic mass is 32.2. The van der Waals surface area contributed by atoms with Crippen LogP contribution in [0.15, 0.2) is 76.0 Å². The van der Waals surface area contributed by atoms with Gasteiger partial charge in [0.15, 0.2) is 15.6 Å². The number of nitrogens with zero attached hydrogens (tertiary/aromatic N) is 2.